The molecular formula is C16H25N3O2. The first-order chi connectivity index (χ1) is 10.1. The molecule has 2 atom stereocenters. The number of nitrogens with zero attached hydrogens (tertiary/aromatic N) is 2. The molecule has 21 heavy (non-hydrogen) atoms. The van der Waals surface area contributed by atoms with E-state index in [1.54, 1.807) is 12.1 Å². The fourth-order valence-corrected chi connectivity index (χ4v) is 3.13. The van der Waals surface area contributed by atoms with E-state index in [2.05, 4.69) is 24.1 Å². The third-order valence-corrected chi connectivity index (χ3v) is 4.40. The fraction of sp³-hybridized carbons (Fsp3) is 0.625. The van der Waals surface area contributed by atoms with Crippen molar-refractivity contribution in [1.29, 1.82) is 0 Å². The summed E-state index contributed by atoms with van der Waals surface area (Å²) in [4.78, 5) is 13.2. The Labute approximate surface area is 126 Å². The Hall–Kier alpha value is -1.46. The highest BCUT2D eigenvalue weighted by Crippen LogP contribution is 2.29. The summed E-state index contributed by atoms with van der Waals surface area (Å²) < 4.78 is 0. The SMILES string of the molecule is CCN(CC1CCCCN1)C(C)c1ccccc1[N+](=O)[O-]. The molecule has 0 saturated carbocycles. The van der Waals surface area contributed by atoms with Gasteiger partial charge in [-0.3, -0.25) is 15.0 Å². The maximum atomic E-state index is 11.2. The highest BCUT2D eigenvalue weighted by Gasteiger charge is 2.25. The van der Waals surface area contributed by atoms with Gasteiger partial charge in [-0.1, -0.05) is 31.5 Å². The van der Waals surface area contributed by atoms with Gasteiger partial charge in [0.2, 0.25) is 0 Å². The van der Waals surface area contributed by atoms with E-state index >= 15 is 0 Å². The lowest BCUT2D eigenvalue weighted by atomic mass is 10.0. The molecule has 1 aliphatic heterocycles. The van der Waals surface area contributed by atoms with Crippen molar-refractivity contribution in [2.45, 2.75) is 45.2 Å². The third-order valence-electron chi connectivity index (χ3n) is 4.40. The van der Waals surface area contributed by atoms with Gasteiger partial charge in [0.15, 0.2) is 0 Å². The van der Waals surface area contributed by atoms with Crippen molar-refractivity contribution >= 4 is 5.69 Å². The van der Waals surface area contributed by atoms with Gasteiger partial charge in [0.1, 0.15) is 0 Å². The summed E-state index contributed by atoms with van der Waals surface area (Å²) in [6, 6.07) is 7.64. The molecule has 1 aromatic carbocycles. The zero-order chi connectivity index (χ0) is 15.2. The molecule has 2 unspecified atom stereocenters. The monoisotopic (exact) mass is 291 g/mol. The molecule has 2 rings (SSSR count). The van der Waals surface area contributed by atoms with Crippen LogP contribution in [-0.2, 0) is 0 Å². The number of benzene rings is 1. The first-order valence-electron chi connectivity index (χ1n) is 7.84. The molecule has 1 saturated heterocycles. The van der Waals surface area contributed by atoms with Crippen molar-refractivity contribution in [3.05, 3.63) is 39.9 Å². The molecule has 0 amide bonds. The normalized spacial score (nSPS) is 20.4. The number of para-hydroxylation sites is 1. The summed E-state index contributed by atoms with van der Waals surface area (Å²) in [5.74, 6) is 0. The maximum Gasteiger partial charge on any atom is 0.274 e. The number of nitro benzene ring substituents is 1. The summed E-state index contributed by atoms with van der Waals surface area (Å²) in [5.41, 5.74) is 1.03. The molecule has 0 radical (unpaired) electrons. The Kier molecular flexibility index (Phi) is 5.70. The zero-order valence-corrected chi connectivity index (χ0v) is 12.9. The van der Waals surface area contributed by atoms with Crippen LogP contribution in [0.25, 0.3) is 0 Å². The predicted octanol–water partition coefficient (Wildman–Crippen LogP) is 3.12. The van der Waals surface area contributed by atoms with Crippen LogP contribution in [0, 0.1) is 10.1 Å². The second-order valence-corrected chi connectivity index (χ2v) is 5.73. The van der Waals surface area contributed by atoms with Crippen LogP contribution < -0.4 is 5.32 Å². The lowest BCUT2D eigenvalue weighted by Gasteiger charge is -2.33. The van der Waals surface area contributed by atoms with Gasteiger partial charge >= 0.3 is 0 Å². The number of nitro groups is 1. The Balaban J connectivity index is 2.12. The van der Waals surface area contributed by atoms with Crippen molar-refractivity contribution in [2.75, 3.05) is 19.6 Å². The highest BCUT2D eigenvalue weighted by atomic mass is 16.6. The summed E-state index contributed by atoms with van der Waals surface area (Å²) in [7, 11) is 0. The van der Waals surface area contributed by atoms with Crippen LogP contribution in [0.2, 0.25) is 0 Å². The van der Waals surface area contributed by atoms with Crippen molar-refractivity contribution in [1.82, 2.24) is 10.2 Å². The molecule has 1 N–H and O–H groups in total. The Bertz CT molecular complexity index is 472. The van der Waals surface area contributed by atoms with Gasteiger partial charge in [-0.25, -0.2) is 0 Å². The number of nitrogens with one attached hydrogen (secondary N) is 1. The average molecular weight is 291 g/mol. The fourth-order valence-electron chi connectivity index (χ4n) is 3.13. The van der Waals surface area contributed by atoms with Crippen LogP contribution in [-0.4, -0.2) is 35.5 Å². The van der Waals surface area contributed by atoms with Crippen LogP contribution in [0.15, 0.2) is 24.3 Å². The van der Waals surface area contributed by atoms with Gasteiger partial charge in [0.25, 0.3) is 5.69 Å². The summed E-state index contributed by atoms with van der Waals surface area (Å²) in [6.07, 6.45) is 3.72. The van der Waals surface area contributed by atoms with Gasteiger partial charge in [0.05, 0.1) is 4.92 Å². The van der Waals surface area contributed by atoms with E-state index in [9.17, 15) is 10.1 Å². The molecule has 1 aliphatic rings. The van der Waals surface area contributed by atoms with Crippen LogP contribution in [0.1, 0.15) is 44.7 Å². The number of hydrogen-bond donors (Lipinski definition) is 1. The topological polar surface area (TPSA) is 58.4 Å². The molecule has 0 aliphatic carbocycles. The molecular weight excluding hydrogens is 266 g/mol. The number of likely N-dealkylation sites (N-methyl/N-ethyl adjacent to an activating group) is 1. The molecule has 0 bridgehead atoms. The van der Waals surface area contributed by atoms with Gasteiger partial charge in [0, 0.05) is 30.3 Å². The first kappa shape index (κ1) is 15.9. The van der Waals surface area contributed by atoms with E-state index in [1.165, 1.54) is 19.3 Å². The van der Waals surface area contributed by atoms with Gasteiger partial charge in [-0.2, -0.15) is 0 Å². The van der Waals surface area contributed by atoms with Crippen molar-refractivity contribution in [3.8, 4) is 0 Å². The summed E-state index contributed by atoms with van der Waals surface area (Å²) in [5, 5.41) is 14.8. The Morgan fingerprint density at radius 1 is 1.43 bits per heavy atom. The van der Waals surface area contributed by atoms with E-state index in [0.29, 0.717) is 6.04 Å². The molecule has 0 spiro atoms. The molecule has 1 fully saturated rings. The molecule has 1 heterocycles. The van der Waals surface area contributed by atoms with Crippen LogP contribution in [0.3, 0.4) is 0 Å². The smallest absolute Gasteiger partial charge is 0.274 e. The second-order valence-electron chi connectivity index (χ2n) is 5.73. The minimum absolute atomic E-state index is 0.0559. The molecule has 116 valence electrons. The Morgan fingerprint density at radius 3 is 2.81 bits per heavy atom. The first-order valence-corrected chi connectivity index (χ1v) is 7.84. The van der Waals surface area contributed by atoms with Gasteiger partial charge in [-0.05, 0) is 32.9 Å². The van der Waals surface area contributed by atoms with Crippen LogP contribution >= 0.6 is 0 Å². The second kappa shape index (κ2) is 7.52. The van der Waals surface area contributed by atoms with Gasteiger partial charge in [-0.15, -0.1) is 0 Å². The van der Waals surface area contributed by atoms with Crippen molar-refractivity contribution in [3.63, 3.8) is 0 Å². The standard InChI is InChI=1S/C16H25N3O2/c1-3-18(12-14-8-6-7-11-17-14)13(2)15-9-4-5-10-16(15)19(20)21/h4-5,9-10,13-14,17H,3,6-8,11-12H2,1-2H3. The van der Waals surface area contributed by atoms with E-state index < -0.39 is 0 Å². The summed E-state index contributed by atoms with van der Waals surface area (Å²) >= 11 is 0. The van der Waals surface area contributed by atoms with E-state index in [1.807, 2.05) is 12.1 Å². The van der Waals surface area contributed by atoms with Crippen molar-refractivity contribution < 1.29 is 4.92 Å². The minimum Gasteiger partial charge on any atom is -0.313 e. The largest absolute Gasteiger partial charge is 0.313 e. The minimum atomic E-state index is -0.279. The van der Waals surface area contributed by atoms with Crippen molar-refractivity contribution in [2.24, 2.45) is 0 Å². The van der Waals surface area contributed by atoms with E-state index in [-0.39, 0.29) is 16.7 Å². The van der Waals surface area contributed by atoms with Crippen LogP contribution in [0.5, 0.6) is 0 Å². The third kappa shape index (κ3) is 4.02. The number of hydrogen-bond acceptors (Lipinski definition) is 4. The number of rotatable bonds is 6. The molecule has 5 heteroatoms. The van der Waals surface area contributed by atoms with Gasteiger partial charge < -0.3 is 5.32 Å². The van der Waals surface area contributed by atoms with E-state index in [4.69, 9.17) is 0 Å². The van der Waals surface area contributed by atoms with Crippen LogP contribution in [0.4, 0.5) is 5.69 Å². The number of piperidine rings is 1. The molecule has 0 aromatic heterocycles. The lowest BCUT2D eigenvalue weighted by molar-refractivity contribution is -0.386. The Morgan fingerprint density at radius 2 is 2.19 bits per heavy atom. The lowest BCUT2D eigenvalue weighted by Crippen LogP contribution is -2.44. The zero-order valence-electron chi connectivity index (χ0n) is 12.9. The predicted molar refractivity (Wildman–Crippen MR) is 84.4 cm³/mol. The molecule has 1 aromatic rings. The quantitative estimate of drug-likeness (QED) is 0.646. The maximum absolute atomic E-state index is 11.2. The van der Waals surface area contributed by atoms with E-state index in [0.717, 1.165) is 25.2 Å². The highest BCUT2D eigenvalue weighted by molar-refractivity contribution is 5.41. The average Bonchev–Trinajstić information content (AvgIpc) is 2.53. The summed E-state index contributed by atoms with van der Waals surface area (Å²) in [6.45, 7) is 7.11. The molecule has 5 nitrogen and oxygen atoms in total.